The van der Waals surface area contributed by atoms with Crippen molar-refractivity contribution in [3.05, 3.63) is 205 Å². The molecule has 56 heavy (non-hydrogen) atoms. The maximum atomic E-state index is 15.0. The Balaban J connectivity index is 1.11. The molecule has 0 fully saturated rings. The molecule has 1 heteroatoms. The van der Waals surface area contributed by atoms with Crippen LogP contribution in [0.1, 0.15) is 25.0 Å². The molecule has 0 amide bonds. The number of halogens is 1. The minimum absolute atomic E-state index is 0.0814. The van der Waals surface area contributed by atoms with Crippen molar-refractivity contribution in [2.75, 3.05) is 0 Å². The molecule has 0 radical (unpaired) electrons. The molecular weight excluding hydrogens is 680 g/mol. The molecular formula is C55H37F. The van der Waals surface area contributed by atoms with Crippen molar-refractivity contribution >= 4 is 43.1 Å². The first kappa shape index (κ1) is 32.6. The van der Waals surface area contributed by atoms with E-state index in [1.807, 2.05) is 24.3 Å². The van der Waals surface area contributed by atoms with E-state index in [4.69, 9.17) is 0 Å². The van der Waals surface area contributed by atoms with E-state index in [0.29, 0.717) is 0 Å². The number of benzene rings is 10. The number of fused-ring (bicyclic) bond motifs is 7. The van der Waals surface area contributed by atoms with Gasteiger partial charge in [0.1, 0.15) is 5.82 Å². The summed E-state index contributed by atoms with van der Waals surface area (Å²) >= 11 is 0. The third-order valence-corrected chi connectivity index (χ3v) is 12.3. The number of hydrogen-bond acceptors (Lipinski definition) is 0. The van der Waals surface area contributed by atoms with Gasteiger partial charge in [0.05, 0.1) is 0 Å². The molecule has 0 nitrogen and oxygen atoms in total. The second-order valence-corrected chi connectivity index (χ2v) is 15.7. The van der Waals surface area contributed by atoms with Crippen molar-refractivity contribution < 1.29 is 4.39 Å². The molecule has 0 aliphatic heterocycles. The largest absolute Gasteiger partial charge is 0.207 e. The Kier molecular flexibility index (Phi) is 7.18. The van der Waals surface area contributed by atoms with Gasteiger partial charge in [0, 0.05) is 5.41 Å². The van der Waals surface area contributed by atoms with Gasteiger partial charge in [-0.05, 0) is 128 Å². The van der Waals surface area contributed by atoms with Crippen LogP contribution in [-0.2, 0) is 5.41 Å². The van der Waals surface area contributed by atoms with E-state index >= 15 is 4.39 Å². The zero-order valence-electron chi connectivity index (χ0n) is 31.3. The van der Waals surface area contributed by atoms with E-state index < -0.39 is 0 Å². The molecule has 1 aliphatic rings. The topological polar surface area (TPSA) is 0 Å². The fourth-order valence-corrected chi connectivity index (χ4v) is 9.79. The predicted octanol–water partition coefficient (Wildman–Crippen LogP) is 15.4. The van der Waals surface area contributed by atoms with E-state index in [2.05, 4.69) is 166 Å². The lowest BCUT2D eigenvalue weighted by molar-refractivity contribution is 0.630. The lowest BCUT2D eigenvalue weighted by Gasteiger charge is -2.23. The van der Waals surface area contributed by atoms with Gasteiger partial charge in [-0.15, -0.1) is 0 Å². The third kappa shape index (κ3) is 4.77. The molecule has 264 valence electrons. The van der Waals surface area contributed by atoms with E-state index in [0.717, 1.165) is 43.8 Å². The predicted molar refractivity (Wildman–Crippen MR) is 236 cm³/mol. The quantitative estimate of drug-likeness (QED) is 0.159. The third-order valence-electron chi connectivity index (χ3n) is 12.3. The lowest BCUT2D eigenvalue weighted by atomic mass is 9.80. The molecule has 0 saturated carbocycles. The summed E-state index contributed by atoms with van der Waals surface area (Å²) in [4.78, 5) is 0. The summed E-state index contributed by atoms with van der Waals surface area (Å²) in [7, 11) is 0. The van der Waals surface area contributed by atoms with Crippen molar-refractivity contribution in [3.8, 4) is 55.6 Å². The Bertz CT molecular complexity index is 3150. The molecule has 0 bridgehead atoms. The maximum Gasteiger partial charge on any atom is 0.123 e. The van der Waals surface area contributed by atoms with Crippen LogP contribution in [0.25, 0.3) is 98.7 Å². The van der Waals surface area contributed by atoms with E-state index in [-0.39, 0.29) is 11.2 Å². The SMILES string of the molecule is CC1(C)c2ccccc2-c2ccc(-c3c4ccccc4c(-c4ccc(-c5c6ccccc6c(-c6ccccc6)c6cc(F)ccc56)cc4)c4ccccc34)cc21. The molecule has 10 aromatic carbocycles. The van der Waals surface area contributed by atoms with Gasteiger partial charge in [-0.3, -0.25) is 0 Å². The van der Waals surface area contributed by atoms with E-state index in [9.17, 15) is 0 Å². The minimum Gasteiger partial charge on any atom is -0.207 e. The number of rotatable bonds is 4. The van der Waals surface area contributed by atoms with Gasteiger partial charge < -0.3 is 0 Å². The van der Waals surface area contributed by atoms with E-state index in [1.165, 1.54) is 66.1 Å². The fraction of sp³-hybridized carbons (Fsp3) is 0.0545. The lowest BCUT2D eigenvalue weighted by Crippen LogP contribution is -2.14. The highest BCUT2D eigenvalue weighted by molar-refractivity contribution is 6.23. The minimum atomic E-state index is -0.234. The van der Waals surface area contributed by atoms with Gasteiger partial charge in [0.15, 0.2) is 0 Å². The van der Waals surface area contributed by atoms with Crippen LogP contribution in [-0.4, -0.2) is 0 Å². The second kappa shape index (κ2) is 12.3. The first-order valence-corrected chi connectivity index (χ1v) is 19.5. The van der Waals surface area contributed by atoms with Gasteiger partial charge in [-0.25, -0.2) is 4.39 Å². The molecule has 0 aromatic heterocycles. The molecule has 0 saturated heterocycles. The van der Waals surface area contributed by atoms with Gasteiger partial charge in [-0.2, -0.15) is 0 Å². The molecule has 0 spiro atoms. The number of hydrogen-bond donors (Lipinski definition) is 0. The standard InChI is InChI=1S/C55H37F/c1-55(2)49-23-13-12-16-39(49)40-30-28-37(32-50(40)55)54-45-21-10-7-18-42(45)51(43-19-8-11-22-46(43)54)35-24-26-36(27-25-35)52-41-17-6-9-20-44(41)53(34-14-4-3-5-15-34)48-33-38(56)29-31-47(48)52/h3-33H,1-2H3. The molecule has 0 N–H and O–H groups in total. The highest BCUT2D eigenvalue weighted by atomic mass is 19.1. The van der Waals surface area contributed by atoms with Gasteiger partial charge >= 0.3 is 0 Å². The molecule has 11 rings (SSSR count). The summed E-state index contributed by atoms with van der Waals surface area (Å²) in [6, 6.07) is 66.9. The average Bonchev–Trinajstić information content (AvgIpc) is 3.47. The van der Waals surface area contributed by atoms with Crippen molar-refractivity contribution in [2.24, 2.45) is 0 Å². The second-order valence-electron chi connectivity index (χ2n) is 15.7. The Labute approximate surface area is 326 Å². The molecule has 1 aliphatic carbocycles. The summed E-state index contributed by atoms with van der Waals surface area (Å²) in [5.41, 5.74) is 14.6. The zero-order chi connectivity index (χ0) is 37.5. The molecule has 0 unspecified atom stereocenters. The normalized spacial score (nSPS) is 13.1. The first-order valence-electron chi connectivity index (χ1n) is 19.5. The Morgan fingerprint density at radius 1 is 0.304 bits per heavy atom. The van der Waals surface area contributed by atoms with Crippen LogP contribution in [0.15, 0.2) is 188 Å². The van der Waals surface area contributed by atoms with Crippen LogP contribution < -0.4 is 0 Å². The Hall–Kier alpha value is -6.83. The van der Waals surface area contributed by atoms with Crippen molar-refractivity contribution in [3.63, 3.8) is 0 Å². The summed E-state index contributed by atoms with van der Waals surface area (Å²) in [5, 5.41) is 9.17. The van der Waals surface area contributed by atoms with Crippen molar-refractivity contribution in [1.82, 2.24) is 0 Å². The fourth-order valence-electron chi connectivity index (χ4n) is 9.79. The van der Waals surface area contributed by atoms with Gasteiger partial charge in [0.2, 0.25) is 0 Å². The van der Waals surface area contributed by atoms with Crippen LogP contribution >= 0.6 is 0 Å². The van der Waals surface area contributed by atoms with Crippen LogP contribution in [0.2, 0.25) is 0 Å². The summed E-state index contributed by atoms with van der Waals surface area (Å²) in [6.07, 6.45) is 0. The van der Waals surface area contributed by atoms with Crippen LogP contribution in [0, 0.1) is 5.82 Å². The smallest absolute Gasteiger partial charge is 0.123 e. The van der Waals surface area contributed by atoms with Gasteiger partial charge in [-0.1, -0.05) is 184 Å². The molecule has 0 atom stereocenters. The summed E-state index contributed by atoms with van der Waals surface area (Å²) in [5.74, 6) is -0.234. The zero-order valence-corrected chi connectivity index (χ0v) is 31.3. The monoisotopic (exact) mass is 716 g/mol. The highest BCUT2D eigenvalue weighted by Gasteiger charge is 2.35. The van der Waals surface area contributed by atoms with Gasteiger partial charge in [0.25, 0.3) is 0 Å². The maximum absolute atomic E-state index is 15.0. The molecule has 0 heterocycles. The Morgan fingerprint density at radius 2 is 0.696 bits per heavy atom. The van der Waals surface area contributed by atoms with E-state index in [1.54, 1.807) is 12.1 Å². The van der Waals surface area contributed by atoms with Crippen molar-refractivity contribution in [1.29, 1.82) is 0 Å². The summed E-state index contributed by atoms with van der Waals surface area (Å²) in [6.45, 7) is 4.71. The van der Waals surface area contributed by atoms with Crippen molar-refractivity contribution in [2.45, 2.75) is 19.3 Å². The average molecular weight is 717 g/mol. The highest BCUT2D eigenvalue weighted by Crippen LogP contribution is 2.51. The summed E-state index contributed by atoms with van der Waals surface area (Å²) < 4.78 is 15.0. The van der Waals surface area contributed by atoms with Crippen LogP contribution in [0.3, 0.4) is 0 Å². The van der Waals surface area contributed by atoms with Crippen LogP contribution in [0.4, 0.5) is 4.39 Å². The van der Waals surface area contributed by atoms with Crippen LogP contribution in [0.5, 0.6) is 0 Å². The first-order chi connectivity index (χ1) is 27.5. The molecule has 10 aromatic rings. The Morgan fingerprint density at radius 3 is 1.25 bits per heavy atom.